The molecule has 23 heavy (non-hydrogen) atoms. The Morgan fingerprint density at radius 2 is 2.13 bits per heavy atom. The zero-order valence-corrected chi connectivity index (χ0v) is 13.6. The molecular weight excluding hydrogens is 316 g/mol. The van der Waals surface area contributed by atoms with E-state index in [-0.39, 0.29) is 30.0 Å². The van der Waals surface area contributed by atoms with Gasteiger partial charge in [0.05, 0.1) is 11.7 Å². The second-order valence-electron chi connectivity index (χ2n) is 5.66. The molecule has 1 aliphatic rings. The number of rotatable bonds is 3. The molecule has 1 aliphatic heterocycles. The van der Waals surface area contributed by atoms with Gasteiger partial charge >= 0.3 is 0 Å². The minimum atomic E-state index is -0.204. The number of hydrogen-bond donors (Lipinski definition) is 1. The maximum absolute atomic E-state index is 12.2. The van der Waals surface area contributed by atoms with Crippen molar-refractivity contribution in [3.8, 4) is 0 Å². The van der Waals surface area contributed by atoms with Crippen molar-refractivity contribution >= 4 is 33.4 Å². The molecular formula is C15H18N4O3S. The van der Waals surface area contributed by atoms with Crippen LogP contribution in [-0.4, -0.2) is 45.4 Å². The second kappa shape index (κ2) is 6.49. The van der Waals surface area contributed by atoms with Gasteiger partial charge in [0.25, 0.3) is 5.56 Å². The largest absolute Gasteiger partial charge is 0.352 e. The van der Waals surface area contributed by atoms with E-state index in [1.165, 1.54) is 22.2 Å². The minimum Gasteiger partial charge on any atom is -0.352 e. The first-order valence-electron chi connectivity index (χ1n) is 7.52. The summed E-state index contributed by atoms with van der Waals surface area (Å²) in [6.07, 6.45) is 2.89. The number of piperidine rings is 1. The Labute approximate surface area is 136 Å². The molecule has 1 N–H and O–H groups in total. The molecule has 122 valence electrons. The number of fused-ring (bicyclic) bond motifs is 1. The molecule has 0 spiro atoms. The molecule has 3 rings (SSSR count). The van der Waals surface area contributed by atoms with E-state index in [1.54, 1.807) is 17.9 Å². The quantitative estimate of drug-likeness (QED) is 0.890. The molecule has 0 saturated carbocycles. The van der Waals surface area contributed by atoms with Gasteiger partial charge in [-0.1, -0.05) is 0 Å². The summed E-state index contributed by atoms with van der Waals surface area (Å²) in [7, 11) is 0. The van der Waals surface area contributed by atoms with Crippen LogP contribution in [0.5, 0.6) is 0 Å². The van der Waals surface area contributed by atoms with Crippen molar-refractivity contribution in [2.24, 2.45) is 0 Å². The smallest absolute Gasteiger partial charge is 0.262 e. The molecule has 8 heteroatoms. The van der Waals surface area contributed by atoms with Gasteiger partial charge in [-0.25, -0.2) is 4.98 Å². The first-order valence-corrected chi connectivity index (χ1v) is 8.40. The van der Waals surface area contributed by atoms with Crippen molar-refractivity contribution in [1.29, 1.82) is 0 Å². The molecule has 3 heterocycles. The van der Waals surface area contributed by atoms with Crippen molar-refractivity contribution in [1.82, 2.24) is 19.8 Å². The van der Waals surface area contributed by atoms with Gasteiger partial charge in [-0.3, -0.25) is 19.0 Å². The van der Waals surface area contributed by atoms with Gasteiger partial charge in [0.15, 0.2) is 0 Å². The van der Waals surface area contributed by atoms with Crippen LogP contribution in [0.15, 0.2) is 22.6 Å². The molecule has 1 saturated heterocycles. The summed E-state index contributed by atoms with van der Waals surface area (Å²) in [6, 6.07) is 1.77. The average molecular weight is 334 g/mol. The maximum Gasteiger partial charge on any atom is 0.262 e. The molecule has 0 aliphatic carbocycles. The SMILES string of the molecule is CC(=O)N1CCC(NC(=O)Cn2cnc3sccc3c2=O)CC1. The molecule has 7 nitrogen and oxygen atoms in total. The molecule has 0 unspecified atom stereocenters. The van der Waals surface area contributed by atoms with Gasteiger partial charge in [0.2, 0.25) is 11.8 Å². The van der Waals surface area contributed by atoms with Crippen molar-refractivity contribution in [2.45, 2.75) is 32.4 Å². The van der Waals surface area contributed by atoms with Gasteiger partial charge in [-0.05, 0) is 24.3 Å². The molecule has 0 aromatic carbocycles. The Morgan fingerprint density at radius 1 is 1.39 bits per heavy atom. The van der Waals surface area contributed by atoms with Crippen LogP contribution in [0.3, 0.4) is 0 Å². The lowest BCUT2D eigenvalue weighted by Gasteiger charge is -2.31. The average Bonchev–Trinajstić information content (AvgIpc) is 3.00. The van der Waals surface area contributed by atoms with E-state index in [9.17, 15) is 14.4 Å². The summed E-state index contributed by atoms with van der Waals surface area (Å²) in [5.74, 6) is -0.138. The number of nitrogens with one attached hydrogen (secondary N) is 1. The van der Waals surface area contributed by atoms with Crippen LogP contribution in [0, 0.1) is 0 Å². The van der Waals surface area contributed by atoms with Crippen molar-refractivity contribution in [2.75, 3.05) is 13.1 Å². The molecule has 0 atom stereocenters. The number of carbonyl (C=O) groups is 2. The third-order valence-electron chi connectivity index (χ3n) is 4.07. The van der Waals surface area contributed by atoms with Crippen molar-refractivity contribution in [3.05, 3.63) is 28.1 Å². The van der Waals surface area contributed by atoms with E-state index in [0.717, 1.165) is 12.8 Å². The molecule has 2 amide bonds. The third-order valence-corrected chi connectivity index (χ3v) is 4.89. The van der Waals surface area contributed by atoms with Crippen LogP contribution in [0.25, 0.3) is 10.2 Å². The molecule has 0 bridgehead atoms. The summed E-state index contributed by atoms with van der Waals surface area (Å²) < 4.78 is 1.33. The Balaban J connectivity index is 1.60. The van der Waals surface area contributed by atoms with Gasteiger partial charge in [0.1, 0.15) is 11.4 Å². The normalized spacial score (nSPS) is 15.8. The topological polar surface area (TPSA) is 84.3 Å². The number of amides is 2. The Bertz CT molecular complexity index is 789. The lowest BCUT2D eigenvalue weighted by Crippen LogP contribution is -2.47. The first-order chi connectivity index (χ1) is 11.0. The molecule has 1 fully saturated rings. The van der Waals surface area contributed by atoms with E-state index in [4.69, 9.17) is 0 Å². The molecule has 2 aromatic heterocycles. The highest BCUT2D eigenvalue weighted by Crippen LogP contribution is 2.13. The number of aromatic nitrogens is 2. The van der Waals surface area contributed by atoms with Crippen LogP contribution >= 0.6 is 11.3 Å². The fourth-order valence-corrected chi connectivity index (χ4v) is 3.50. The van der Waals surface area contributed by atoms with Crippen LogP contribution in [0.4, 0.5) is 0 Å². The third kappa shape index (κ3) is 3.42. The summed E-state index contributed by atoms with van der Waals surface area (Å²) in [5.41, 5.74) is -0.196. The summed E-state index contributed by atoms with van der Waals surface area (Å²) in [6.45, 7) is 2.83. The zero-order valence-electron chi connectivity index (χ0n) is 12.8. The number of carbonyl (C=O) groups excluding carboxylic acids is 2. The van der Waals surface area contributed by atoms with Crippen LogP contribution < -0.4 is 10.9 Å². The zero-order chi connectivity index (χ0) is 16.4. The van der Waals surface area contributed by atoms with Gasteiger partial charge in [0, 0.05) is 26.1 Å². The van der Waals surface area contributed by atoms with Crippen LogP contribution in [0.1, 0.15) is 19.8 Å². The van der Waals surface area contributed by atoms with E-state index in [0.29, 0.717) is 23.3 Å². The number of thiophene rings is 1. The van der Waals surface area contributed by atoms with E-state index >= 15 is 0 Å². The van der Waals surface area contributed by atoms with Crippen LogP contribution in [0.2, 0.25) is 0 Å². The maximum atomic E-state index is 12.2. The van der Waals surface area contributed by atoms with Crippen molar-refractivity contribution in [3.63, 3.8) is 0 Å². The van der Waals surface area contributed by atoms with Gasteiger partial charge < -0.3 is 10.2 Å². The second-order valence-corrected chi connectivity index (χ2v) is 6.56. The Hall–Kier alpha value is -2.22. The fourth-order valence-electron chi connectivity index (χ4n) is 2.77. The van der Waals surface area contributed by atoms with E-state index in [2.05, 4.69) is 10.3 Å². The Morgan fingerprint density at radius 3 is 2.83 bits per heavy atom. The van der Waals surface area contributed by atoms with E-state index < -0.39 is 0 Å². The lowest BCUT2D eigenvalue weighted by atomic mass is 10.1. The number of hydrogen-bond acceptors (Lipinski definition) is 5. The van der Waals surface area contributed by atoms with Crippen molar-refractivity contribution < 1.29 is 9.59 Å². The number of likely N-dealkylation sites (tertiary alicyclic amines) is 1. The number of nitrogens with zero attached hydrogens (tertiary/aromatic N) is 3. The first kappa shape index (κ1) is 15.7. The van der Waals surface area contributed by atoms with Gasteiger partial charge in [-0.15, -0.1) is 11.3 Å². The Kier molecular flexibility index (Phi) is 4.42. The highest BCUT2D eigenvalue weighted by Gasteiger charge is 2.22. The predicted octanol–water partition coefficient (Wildman–Crippen LogP) is 0.585. The predicted molar refractivity (Wildman–Crippen MR) is 87.3 cm³/mol. The highest BCUT2D eigenvalue weighted by molar-refractivity contribution is 7.16. The van der Waals surface area contributed by atoms with E-state index in [1.807, 2.05) is 5.38 Å². The lowest BCUT2D eigenvalue weighted by molar-refractivity contribution is -0.130. The summed E-state index contributed by atoms with van der Waals surface area (Å²) in [4.78, 5) is 42.3. The standard InChI is InChI=1S/C15H18N4O3S/c1-10(20)18-5-2-11(3-6-18)17-13(21)8-19-9-16-14-12(15(19)22)4-7-23-14/h4,7,9,11H,2-3,5-6,8H2,1H3,(H,17,21). The van der Waals surface area contributed by atoms with Crippen LogP contribution in [-0.2, 0) is 16.1 Å². The van der Waals surface area contributed by atoms with Gasteiger partial charge in [-0.2, -0.15) is 0 Å². The highest BCUT2D eigenvalue weighted by atomic mass is 32.1. The minimum absolute atomic E-state index is 0.0372. The molecule has 0 radical (unpaired) electrons. The summed E-state index contributed by atoms with van der Waals surface area (Å²) in [5, 5.41) is 5.29. The monoisotopic (exact) mass is 334 g/mol. The molecule has 2 aromatic rings. The fraction of sp³-hybridized carbons (Fsp3) is 0.467. The summed E-state index contributed by atoms with van der Waals surface area (Å²) >= 11 is 1.40.